The maximum Gasteiger partial charge on any atom is 0.322 e. The second-order valence-corrected chi connectivity index (χ2v) is 2.30. The standard InChI is InChI=1S/C6H12N2O3/c1-4(9)2-3-5(8-7)6(10)11/h5,8H,2-3,7H2,1H3,(H,10,11)/t5-/m0/s1. The lowest BCUT2D eigenvalue weighted by atomic mass is 10.1. The predicted molar refractivity (Wildman–Crippen MR) is 38.7 cm³/mol. The molecular formula is C6H12N2O3. The van der Waals surface area contributed by atoms with Gasteiger partial charge in [0.25, 0.3) is 0 Å². The molecule has 64 valence electrons. The van der Waals surface area contributed by atoms with Crippen LogP contribution >= 0.6 is 0 Å². The molecule has 0 aliphatic heterocycles. The van der Waals surface area contributed by atoms with Gasteiger partial charge in [0.05, 0.1) is 0 Å². The Balaban J connectivity index is 3.70. The zero-order valence-electron chi connectivity index (χ0n) is 6.33. The molecule has 5 nitrogen and oxygen atoms in total. The van der Waals surface area contributed by atoms with Gasteiger partial charge in [0, 0.05) is 6.42 Å². The minimum Gasteiger partial charge on any atom is -0.480 e. The van der Waals surface area contributed by atoms with Crippen LogP contribution in [0.3, 0.4) is 0 Å². The van der Waals surface area contributed by atoms with Crippen LogP contribution in [0, 0.1) is 0 Å². The molecule has 0 heterocycles. The first-order chi connectivity index (χ1) is 5.07. The Morgan fingerprint density at radius 2 is 2.18 bits per heavy atom. The van der Waals surface area contributed by atoms with Crippen LogP contribution in [-0.2, 0) is 9.59 Å². The van der Waals surface area contributed by atoms with E-state index in [1.165, 1.54) is 6.92 Å². The first-order valence-electron chi connectivity index (χ1n) is 3.26. The van der Waals surface area contributed by atoms with Gasteiger partial charge in [0.1, 0.15) is 11.8 Å². The summed E-state index contributed by atoms with van der Waals surface area (Å²) >= 11 is 0. The number of carbonyl (C=O) groups is 2. The SMILES string of the molecule is CC(=O)CC[C@H](NN)C(=O)O. The number of ketones is 1. The number of nitrogens with two attached hydrogens (primary N) is 1. The second-order valence-electron chi connectivity index (χ2n) is 2.30. The Kier molecular flexibility index (Phi) is 4.40. The Labute approximate surface area is 64.5 Å². The van der Waals surface area contributed by atoms with Crippen LogP contribution in [0.4, 0.5) is 0 Å². The van der Waals surface area contributed by atoms with Crippen LogP contribution in [0.1, 0.15) is 19.8 Å². The molecule has 1 atom stereocenters. The number of carbonyl (C=O) groups excluding carboxylic acids is 1. The van der Waals surface area contributed by atoms with Crippen molar-refractivity contribution in [2.45, 2.75) is 25.8 Å². The van der Waals surface area contributed by atoms with Gasteiger partial charge in [0.15, 0.2) is 0 Å². The van der Waals surface area contributed by atoms with E-state index in [2.05, 4.69) is 5.43 Å². The molecular weight excluding hydrogens is 148 g/mol. The number of nitrogens with one attached hydrogen (secondary N) is 1. The van der Waals surface area contributed by atoms with Crippen molar-refractivity contribution in [2.24, 2.45) is 5.84 Å². The summed E-state index contributed by atoms with van der Waals surface area (Å²) in [6.07, 6.45) is 0.475. The molecule has 11 heavy (non-hydrogen) atoms. The molecule has 0 unspecified atom stereocenters. The summed E-state index contributed by atoms with van der Waals surface area (Å²) < 4.78 is 0. The minimum atomic E-state index is -1.03. The maximum atomic E-state index is 10.4. The van der Waals surface area contributed by atoms with Crippen molar-refractivity contribution in [2.75, 3.05) is 0 Å². The van der Waals surface area contributed by atoms with Crippen LogP contribution in [0.15, 0.2) is 0 Å². The molecule has 5 heteroatoms. The number of hydrogen-bond donors (Lipinski definition) is 3. The molecule has 0 saturated heterocycles. The molecule has 0 amide bonds. The average Bonchev–Trinajstić information content (AvgIpc) is 1.87. The van der Waals surface area contributed by atoms with Crippen molar-refractivity contribution in [3.05, 3.63) is 0 Å². The highest BCUT2D eigenvalue weighted by Gasteiger charge is 2.14. The van der Waals surface area contributed by atoms with Gasteiger partial charge in [-0.3, -0.25) is 10.6 Å². The smallest absolute Gasteiger partial charge is 0.322 e. The van der Waals surface area contributed by atoms with Crippen molar-refractivity contribution in [1.82, 2.24) is 5.43 Å². The highest BCUT2D eigenvalue weighted by atomic mass is 16.4. The highest BCUT2D eigenvalue weighted by molar-refractivity contribution is 5.78. The Bertz CT molecular complexity index is 158. The van der Waals surface area contributed by atoms with Gasteiger partial charge in [-0.05, 0) is 13.3 Å². The molecule has 4 N–H and O–H groups in total. The number of Topliss-reactive ketones (excluding diaryl/α,β-unsaturated/α-hetero) is 1. The summed E-state index contributed by atoms with van der Waals surface area (Å²) in [6.45, 7) is 1.41. The third-order valence-electron chi connectivity index (χ3n) is 1.28. The monoisotopic (exact) mass is 160 g/mol. The van der Waals surface area contributed by atoms with E-state index in [0.717, 1.165) is 0 Å². The Morgan fingerprint density at radius 3 is 2.45 bits per heavy atom. The quantitative estimate of drug-likeness (QED) is 0.364. The van der Waals surface area contributed by atoms with Gasteiger partial charge < -0.3 is 9.90 Å². The highest BCUT2D eigenvalue weighted by Crippen LogP contribution is 1.96. The van der Waals surface area contributed by atoms with Gasteiger partial charge in [-0.15, -0.1) is 0 Å². The first-order valence-corrected chi connectivity index (χ1v) is 3.26. The summed E-state index contributed by atoms with van der Waals surface area (Å²) in [4.78, 5) is 20.7. The summed E-state index contributed by atoms with van der Waals surface area (Å²) in [5.74, 6) is 3.85. The topological polar surface area (TPSA) is 92.4 Å². The van der Waals surface area contributed by atoms with Crippen LogP contribution in [0.25, 0.3) is 0 Å². The number of carboxylic acids is 1. The van der Waals surface area contributed by atoms with Gasteiger partial charge >= 0.3 is 5.97 Å². The zero-order valence-corrected chi connectivity index (χ0v) is 6.33. The number of hydrogen-bond acceptors (Lipinski definition) is 4. The lowest BCUT2D eigenvalue weighted by Crippen LogP contribution is -2.41. The largest absolute Gasteiger partial charge is 0.480 e. The van der Waals surface area contributed by atoms with Gasteiger partial charge in [-0.1, -0.05) is 0 Å². The lowest BCUT2D eigenvalue weighted by Gasteiger charge is -2.08. The third-order valence-corrected chi connectivity index (χ3v) is 1.28. The van der Waals surface area contributed by atoms with E-state index >= 15 is 0 Å². The average molecular weight is 160 g/mol. The fourth-order valence-electron chi connectivity index (χ4n) is 0.626. The number of hydrazine groups is 1. The van der Waals surface area contributed by atoms with E-state index in [1.54, 1.807) is 0 Å². The fraction of sp³-hybridized carbons (Fsp3) is 0.667. The van der Waals surface area contributed by atoms with E-state index in [1.807, 2.05) is 0 Å². The number of carboxylic acid groups (broad SMARTS) is 1. The van der Waals surface area contributed by atoms with E-state index < -0.39 is 12.0 Å². The third kappa shape index (κ3) is 4.46. The maximum absolute atomic E-state index is 10.4. The molecule has 0 fully saturated rings. The van der Waals surface area contributed by atoms with E-state index in [9.17, 15) is 9.59 Å². The van der Waals surface area contributed by atoms with Crippen molar-refractivity contribution in [3.8, 4) is 0 Å². The predicted octanol–water partition coefficient (Wildman–Crippen LogP) is -0.728. The van der Waals surface area contributed by atoms with Gasteiger partial charge in [-0.2, -0.15) is 0 Å². The Morgan fingerprint density at radius 1 is 1.64 bits per heavy atom. The molecule has 0 spiro atoms. The lowest BCUT2D eigenvalue weighted by molar-refractivity contribution is -0.139. The molecule has 0 aliphatic carbocycles. The molecule has 0 rings (SSSR count). The second kappa shape index (κ2) is 4.81. The number of rotatable bonds is 5. The van der Waals surface area contributed by atoms with Crippen molar-refractivity contribution < 1.29 is 14.7 Å². The molecule has 0 aromatic carbocycles. The number of aliphatic carboxylic acids is 1. The Hall–Kier alpha value is -0.940. The summed E-state index contributed by atoms with van der Waals surface area (Å²) in [5, 5.41) is 8.43. The van der Waals surface area contributed by atoms with Crippen molar-refractivity contribution in [3.63, 3.8) is 0 Å². The first kappa shape index (κ1) is 10.1. The van der Waals surface area contributed by atoms with Crippen LogP contribution in [0.2, 0.25) is 0 Å². The van der Waals surface area contributed by atoms with Gasteiger partial charge in [0.2, 0.25) is 0 Å². The fourth-order valence-corrected chi connectivity index (χ4v) is 0.626. The van der Waals surface area contributed by atoms with E-state index in [0.29, 0.717) is 0 Å². The molecule has 0 radical (unpaired) electrons. The molecule has 0 aromatic heterocycles. The van der Waals surface area contributed by atoms with E-state index in [-0.39, 0.29) is 18.6 Å². The molecule has 0 bridgehead atoms. The molecule has 0 aliphatic rings. The van der Waals surface area contributed by atoms with Crippen LogP contribution < -0.4 is 11.3 Å². The zero-order chi connectivity index (χ0) is 8.85. The van der Waals surface area contributed by atoms with Crippen molar-refractivity contribution in [1.29, 1.82) is 0 Å². The molecule has 0 aromatic rings. The normalized spacial score (nSPS) is 12.5. The summed E-state index contributed by atoms with van der Waals surface area (Å²) in [5.41, 5.74) is 2.11. The van der Waals surface area contributed by atoms with Gasteiger partial charge in [-0.25, -0.2) is 5.43 Å². The summed E-state index contributed by atoms with van der Waals surface area (Å²) in [7, 11) is 0. The minimum absolute atomic E-state index is 0.0356. The van der Waals surface area contributed by atoms with E-state index in [4.69, 9.17) is 10.9 Å². The summed E-state index contributed by atoms with van der Waals surface area (Å²) in [6, 6.07) is -0.820. The van der Waals surface area contributed by atoms with Crippen molar-refractivity contribution >= 4 is 11.8 Å². The molecule has 0 saturated carbocycles. The van der Waals surface area contributed by atoms with Crippen LogP contribution in [0.5, 0.6) is 0 Å². The van der Waals surface area contributed by atoms with Crippen LogP contribution in [-0.4, -0.2) is 22.9 Å².